The van der Waals surface area contributed by atoms with Gasteiger partial charge in [0.25, 0.3) is 0 Å². The van der Waals surface area contributed by atoms with Gasteiger partial charge >= 0.3 is 0 Å². The fraction of sp³-hybridized carbons (Fsp3) is 0.0833. The fourth-order valence-corrected chi connectivity index (χ4v) is 3.12. The van der Waals surface area contributed by atoms with Crippen molar-refractivity contribution in [2.45, 2.75) is 6.61 Å². The molecule has 0 spiro atoms. The summed E-state index contributed by atoms with van der Waals surface area (Å²) in [5.41, 5.74) is 1.33. The zero-order chi connectivity index (χ0) is 15.0. The quantitative estimate of drug-likeness (QED) is 0.377. The van der Waals surface area contributed by atoms with Crippen molar-refractivity contribution in [1.82, 2.24) is 4.98 Å². The van der Waals surface area contributed by atoms with E-state index in [1.807, 2.05) is 0 Å². The minimum absolute atomic E-state index is 0.0800. The molecule has 0 aliphatic carbocycles. The van der Waals surface area contributed by atoms with Crippen LogP contribution in [0, 0.1) is 0 Å². The van der Waals surface area contributed by atoms with Crippen molar-refractivity contribution in [3.8, 4) is 11.1 Å². The second kappa shape index (κ2) is 6.45. The molecular weight excluding hydrogens is 387 g/mol. The molecule has 2 nitrogen and oxygen atoms in total. The molecule has 0 bridgehead atoms. The van der Waals surface area contributed by atoms with Crippen LogP contribution in [0.15, 0.2) is 12.3 Å². The molecule has 0 aliphatic heterocycles. The third kappa shape index (κ3) is 2.84. The molecule has 1 aromatic heterocycles. The molecule has 0 saturated carbocycles. The number of aliphatic hydroxyl groups is 1. The van der Waals surface area contributed by atoms with Gasteiger partial charge in [0.15, 0.2) is 0 Å². The highest BCUT2D eigenvalue weighted by molar-refractivity contribution is 6.56. The predicted octanol–water partition coefficient (Wildman–Crippen LogP) is 6.16. The lowest BCUT2D eigenvalue weighted by Gasteiger charge is -2.13. The van der Waals surface area contributed by atoms with Crippen LogP contribution >= 0.6 is 69.6 Å². The largest absolute Gasteiger partial charge is 0.392 e. The summed E-state index contributed by atoms with van der Waals surface area (Å²) in [6, 6.07) is 1.60. The van der Waals surface area contributed by atoms with Crippen molar-refractivity contribution in [2.24, 2.45) is 0 Å². The van der Waals surface area contributed by atoms with Gasteiger partial charge in [-0.15, -0.1) is 0 Å². The molecule has 106 valence electrons. The Bertz CT molecular complexity index is 659. The molecule has 8 heteroatoms. The molecule has 0 saturated heterocycles. The van der Waals surface area contributed by atoms with E-state index in [0.717, 1.165) is 0 Å². The second-order valence-electron chi connectivity index (χ2n) is 3.78. The van der Waals surface area contributed by atoms with Gasteiger partial charge in [0.2, 0.25) is 0 Å². The maximum atomic E-state index is 9.22. The van der Waals surface area contributed by atoms with Crippen LogP contribution in [-0.2, 0) is 6.61 Å². The summed E-state index contributed by atoms with van der Waals surface area (Å²) >= 11 is 36.1. The maximum absolute atomic E-state index is 9.22. The van der Waals surface area contributed by atoms with Gasteiger partial charge in [0, 0.05) is 22.9 Å². The summed E-state index contributed by atoms with van der Waals surface area (Å²) in [6.07, 6.45) is 1.45. The molecule has 2 aromatic rings. The number of pyridine rings is 1. The zero-order valence-corrected chi connectivity index (χ0v) is 14.1. The van der Waals surface area contributed by atoms with E-state index in [-0.39, 0.29) is 36.9 Å². The highest BCUT2D eigenvalue weighted by atomic mass is 35.5. The Labute approximate surface area is 145 Å². The van der Waals surface area contributed by atoms with E-state index in [9.17, 15) is 5.11 Å². The van der Waals surface area contributed by atoms with Crippen LogP contribution in [0.1, 0.15) is 5.56 Å². The van der Waals surface area contributed by atoms with Crippen LogP contribution in [0.3, 0.4) is 0 Å². The summed E-state index contributed by atoms with van der Waals surface area (Å²) in [5.74, 6) is 0. The molecule has 0 unspecified atom stereocenters. The molecule has 0 fully saturated rings. The van der Waals surface area contributed by atoms with E-state index < -0.39 is 0 Å². The maximum Gasteiger partial charge on any atom is 0.134 e. The summed E-state index contributed by atoms with van der Waals surface area (Å²) in [7, 11) is 0. The Morgan fingerprint density at radius 3 is 1.85 bits per heavy atom. The van der Waals surface area contributed by atoms with Gasteiger partial charge in [0.1, 0.15) is 5.15 Å². The van der Waals surface area contributed by atoms with E-state index >= 15 is 0 Å². The van der Waals surface area contributed by atoms with Gasteiger partial charge in [0.05, 0.1) is 31.7 Å². The first-order valence-corrected chi connectivity index (χ1v) is 7.42. The Kier molecular flexibility index (Phi) is 5.30. The van der Waals surface area contributed by atoms with Gasteiger partial charge in [-0.2, -0.15) is 0 Å². The van der Waals surface area contributed by atoms with E-state index in [0.29, 0.717) is 16.7 Å². The Morgan fingerprint density at radius 2 is 1.35 bits per heavy atom. The fourth-order valence-electron chi connectivity index (χ4n) is 1.60. The first-order valence-electron chi connectivity index (χ1n) is 5.15. The predicted molar refractivity (Wildman–Crippen MR) is 85.7 cm³/mol. The van der Waals surface area contributed by atoms with Crippen molar-refractivity contribution < 1.29 is 5.11 Å². The molecule has 1 N–H and O–H groups in total. The monoisotopic (exact) mass is 389 g/mol. The first kappa shape index (κ1) is 16.4. The Hall–Kier alpha value is 0.0700. The number of nitrogens with zero attached hydrogens (tertiary/aromatic N) is 1. The van der Waals surface area contributed by atoms with Crippen molar-refractivity contribution >= 4 is 69.6 Å². The number of hydrogen-bond donors (Lipinski definition) is 1. The van der Waals surface area contributed by atoms with Crippen molar-refractivity contribution in [2.75, 3.05) is 0 Å². The van der Waals surface area contributed by atoms with Crippen LogP contribution in [0.2, 0.25) is 30.3 Å². The molecular formula is C12H5Cl6NO. The lowest BCUT2D eigenvalue weighted by atomic mass is 10.1. The van der Waals surface area contributed by atoms with Crippen LogP contribution < -0.4 is 0 Å². The normalized spacial score (nSPS) is 10.9. The first-order chi connectivity index (χ1) is 9.38. The molecule has 1 aromatic carbocycles. The lowest BCUT2D eigenvalue weighted by Crippen LogP contribution is -1.92. The molecule has 2 rings (SSSR count). The highest BCUT2D eigenvalue weighted by Gasteiger charge is 2.21. The zero-order valence-electron chi connectivity index (χ0n) is 9.52. The third-order valence-electron chi connectivity index (χ3n) is 2.58. The number of rotatable bonds is 2. The minimum atomic E-state index is -0.274. The average Bonchev–Trinajstić information content (AvgIpc) is 2.45. The van der Waals surface area contributed by atoms with Crippen LogP contribution in [0.4, 0.5) is 0 Å². The molecule has 0 amide bonds. The summed E-state index contributed by atoms with van der Waals surface area (Å²) in [6.45, 7) is -0.274. The van der Waals surface area contributed by atoms with Crippen LogP contribution in [0.25, 0.3) is 11.1 Å². The van der Waals surface area contributed by atoms with Crippen molar-refractivity contribution in [1.29, 1.82) is 0 Å². The number of aliphatic hydroxyl groups excluding tert-OH is 1. The smallest absolute Gasteiger partial charge is 0.134 e. The SMILES string of the molecule is OCc1cc(-c2c(Cl)c(Cl)c(Cl)c(Cl)c2Cl)cnc1Cl. The number of hydrogen-bond acceptors (Lipinski definition) is 2. The van der Waals surface area contributed by atoms with Crippen LogP contribution in [0.5, 0.6) is 0 Å². The highest BCUT2D eigenvalue weighted by Crippen LogP contribution is 2.48. The van der Waals surface area contributed by atoms with E-state index in [1.165, 1.54) is 6.20 Å². The standard InChI is InChI=1S/C12H5Cl6NO/c13-7-6(8(14)10(16)11(17)9(7)15)4-1-5(3-20)12(18)19-2-4/h1-2,20H,3H2. The second-order valence-corrected chi connectivity index (χ2v) is 6.02. The van der Waals surface area contributed by atoms with E-state index in [1.54, 1.807) is 6.07 Å². The number of benzene rings is 1. The lowest BCUT2D eigenvalue weighted by molar-refractivity contribution is 0.281. The number of aromatic nitrogens is 1. The van der Waals surface area contributed by atoms with E-state index in [2.05, 4.69) is 4.98 Å². The van der Waals surface area contributed by atoms with Crippen molar-refractivity contribution in [3.63, 3.8) is 0 Å². The third-order valence-corrected chi connectivity index (χ3v) is 5.20. The molecule has 0 atom stereocenters. The van der Waals surface area contributed by atoms with Gasteiger partial charge < -0.3 is 5.11 Å². The molecule has 0 aliphatic rings. The number of halogens is 6. The topological polar surface area (TPSA) is 33.1 Å². The Balaban J connectivity index is 2.76. The summed E-state index contributed by atoms with van der Waals surface area (Å²) < 4.78 is 0. The summed E-state index contributed by atoms with van der Waals surface area (Å²) in [5, 5.41) is 9.98. The average molecular weight is 392 g/mol. The molecule has 1 heterocycles. The Morgan fingerprint density at radius 1 is 0.850 bits per heavy atom. The van der Waals surface area contributed by atoms with E-state index in [4.69, 9.17) is 69.6 Å². The van der Waals surface area contributed by atoms with Crippen LogP contribution in [-0.4, -0.2) is 10.1 Å². The van der Waals surface area contributed by atoms with Gasteiger partial charge in [-0.25, -0.2) is 4.98 Å². The molecule has 0 radical (unpaired) electrons. The summed E-state index contributed by atoms with van der Waals surface area (Å²) in [4.78, 5) is 3.96. The van der Waals surface area contributed by atoms with Crippen molar-refractivity contribution in [3.05, 3.63) is 48.1 Å². The minimum Gasteiger partial charge on any atom is -0.392 e. The van der Waals surface area contributed by atoms with Gasteiger partial charge in [-0.05, 0) is 6.07 Å². The van der Waals surface area contributed by atoms with Gasteiger partial charge in [-0.1, -0.05) is 69.6 Å². The van der Waals surface area contributed by atoms with Gasteiger partial charge in [-0.3, -0.25) is 0 Å². The molecule has 20 heavy (non-hydrogen) atoms.